The Morgan fingerprint density at radius 3 is 2.73 bits per heavy atom. The summed E-state index contributed by atoms with van der Waals surface area (Å²) in [6.45, 7) is 2.18. The standard InChI is InChI=1S/C10H13N3O2/c1-8-12-6-9(7-13-8)10(5-11)15-4-2-3-14/h6-7,10,14H,2-4H2,1H3/t10-/m1/s1. The monoisotopic (exact) mass is 207 g/mol. The molecule has 1 atom stereocenters. The fourth-order valence-corrected chi connectivity index (χ4v) is 1.01. The van der Waals surface area contributed by atoms with Crippen molar-refractivity contribution in [3.63, 3.8) is 0 Å². The second-order valence-electron chi connectivity index (χ2n) is 3.02. The van der Waals surface area contributed by atoms with Crippen molar-refractivity contribution in [1.82, 2.24) is 9.97 Å². The zero-order valence-corrected chi connectivity index (χ0v) is 8.55. The van der Waals surface area contributed by atoms with E-state index < -0.39 is 6.10 Å². The average molecular weight is 207 g/mol. The van der Waals surface area contributed by atoms with E-state index in [0.29, 0.717) is 24.4 Å². The van der Waals surface area contributed by atoms with Gasteiger partial charge >= 0.3 is 0 Å². The first-order valence-corrected chi connectivity index (χ1v) is 4.68. The minimum absolute atomic E-state index is 0.0581. The SMILES string of the molecule is Cc1ncc([C@@H](C#N)OCCCO)cn1. The van der Waals surface area contributed by atoms with Gasteiger partial charge in [0.2, 0.25) is 0 Å². The summed E-state index contributed by atoms with van der Waals surface area (Å²) >= 11 is 0. The third kappa shape index (κ3) is 3.62. The van der Waals surface area contributed by atoms with E-state index in [0.717, 1.165) is 0 Å². The molecule has 5 heteroatoms. The maximum absolute atomic E-state index is 8.86. The number of nitrogens with zero attached hydrogens (tertiary/aromatic N) is 3. The van der Waals surface area contributed by atoms with Crippen molar-refractivity contribution in [2.75, 3.05) is 13.2 Å². The highest BCUT2D eigenvalue weighted by Gasteiger charge is 2.11. The zero-order valence-electron chi connectivity index (χ0n) is 8.55. The van der Waals surface area contributed by atoms with E-state index in [-0.39, 0.29) is 6.61 Å². The molecule has 1 aromatic heterocycles. The van der Waals surface area contributed by atoms with Gasteiger partial charge in [-0.05, 0) is 13.3 Å². The van der Waals surface area contributed by atoms with E-state index in [4.69, 9.17) is 15.1 Å². The van der Waals surface area contributed by atoms with E-state index in [2.05, 4.69) is 9.97 Å². The highest BCUT2D eigenvalue weighted by atomic mass is 16.5. The fraction of sp³-hybridized carbons (Fsp3) is 0.500. The third-order valence-electron chi connectivity index (χ3n) is 1.81. The summed E-state index contributed by atoms with van der Waals surface area (Å²) in [7, 11) is 0. The number of ether oxygens (including phenoxy) is 1. The molecule has 5 nitrogen and oxygen atoms in total. The number of aryl methyl sites for hydroxylation is 1. The topological polar surface area (TPSA) is 79.0 Å². The molecule has 0 spiro atoms. The van der Waals surface area contributed by atoms with Gasteiger partial charge in [-0.1, -0.05) is 0 Å². The predicted octanol–water partition coefficient (Wildman–Crippen LogP) is 0.749. The molecule has 0 saturated heterocycles. The van der Waals surface area contributed by atoms with Gasteiger partial charge in [0, 0.05) is 24.6 Å². The van der Waals surface area contributed by atoms with Crippen LogP contribution in [0.15, 0.2) is 12.4 Å². The molecule has 0 amide bonds. The van der Waals surface area contributed by atoms with Crippen LogP contribution in [0.3, 0.4) is 0 Å². The maximum Gasteiger partial charge on any atom is 0.172 e. The molecule has 0 fully saturated rings. The molecule has 1 N–H and O–H groups in total. The van der Waals surface area contributed by atoms with Crippen LogP contribution in [0.4, 0.5) is 0 Å². The van der Waals surface area contributed by atoms with Crippen LogP contribution >= 0.6 is 0 Å². The maximum atomic E-state index is 8.86. The van der Waals surface area contributed by atoms with Gasteiger partial charge in [-0.15, -0.1) is 0 Å². The summed E-state index contributed by atoms with van der Waals surface area (Å²) in [5.74, 6) is 0.658. The number of aliphatic hydroxyl groups is 1. The Bertz CT molecular complexity index is 332. The molecule has 0 saturated carbocycles. The molecular formula is C10H13N3O2. The molecule has 1 rings (SSSR count). The molecule has 15 heavy (non-hydrogen) atoms. The van der Waals surface area contributed by atoms with Gasteiger partial charge in [0.05, 0.1) is 12.7 Å². The van der Waals surface area contributed by atoms with Crippen LogP contribution in [0.2, 0.25) is 0 Å². The molecule has 1 heterocycles. The Balaban J connectivity index is 2.59. The predicted molar refractivity (Wildman–Crippen MR) is 52.8 cm³/mol. The van der Waals surface area contributed by atoms with Crippen LogP contribution in [0.25, 0.3) is 0 Å². The molecule has 1 aromatic rings. The molecular weight excluding hydrogens is 194 g/mol. The minimum Gasteiger partial charge on any atom is -0.396 e. The Morgan fingerprint density at radius 1 is 1.53 bits per heavy atom. The highest BCUT2D eigenvalue weighted by molar-refractivity contribution is 5.15. The van der Waals surface area contributed by atoms with Crippen molar-refractivity contribution >= 4 is 0 Å². The second-order valence-corrected chi connectivity index (χ2v) is 3.02. The van der Waals surface area contributed by atoms with E-state index in [1.54, 1.807) is 19.3 Å². The second kappa shape index (κ2) is 6.06. The normalized spacial score (nSPS) is 12.1. The summed E-state index contributed by atoms with van der Waals surface area (Å²) < 4.78 is 5.26. The van der Waals surface area contributed by atoms with Crippen LogP contribution in [0.1, 0.15) is 23.9 Å². The van der Waals surface area contributed by atoms with E-state index in [1.165, 1.54) is 0 Å². The van der Waals surface area contributed by atoms with Gasteiger partial charge in [-0.3, -0.25) is 0 Å². The Hall–Kier alpha value is -1.51. The van der Waals surface area contributed by atoms with Gasteiger partial charge in [0.25, 0.3) is 0 Å². The number of aliphatic hydroxyl groups excluding tert-OH is 1. The Labute approximate surface area is 88.4 Å². The fourth-order valence-electron chi connectivity index (χ4n) is 1.01. The number of nitriles is 1. The lowest BCUT2D eigenvalue weighted by molar-refractivity contribution is 0.0769. The van der Waals surface area contributed by atoms with E-state index in [9.17, 15) is 0 Å². The van der Waals surface area contributed by atoms with Crippen molar-refractivity contribution in [1.29, 1.82) is 5.26 Å². The smallest absolute Gasteiger partial charge is 0.172 e. The van der Waals surface area contributed by atoms with Crippen molar-refractivity contribution in [2.45, 2.75) is 19.4 Å². The number of hydrogen-bond acceptors (Lipinski definition) is 5. The van der Waals surface area contributed by atoms with Gasteiger partial charge in [-0.2, -0.15) is 5.26 Å². The minimum atomic E-state index is -0.655. The van der Waals surface area contributed by atoms with Crippen LogP contribution in [-0.4, -0.2) is 28.3 Å². The lowest BCUT2D eigenvalue weighted by Gasteiger charge is -2.09. The van der Waals surface area contributed by atoms with Gasteiger partial charge in [0.15, 0.2) is 6.10 Å². The number of aromatic nitrogens is 2. The van der Waals surface area contributed by atoms with Gasteiger partial charge in [0.1, 0.15) is 5.82 Å². The first-order chi connectivity index (χ1) is 7.27. The molecule has 0 aliphatic carbocycles. The molecule has 0 aliphatic rings. The van der Waals surface area contributed by atoms with Crippen LogP contribution in [-0.2, 0) is 4.74 Å². The van der Waals surface area contributed by atoms with Crippen molar-refractivity contribution in [2.24, 2.45) is 0 Å². The van der Waals surface area contributed by atoms with Crippen LogP contribution < -0.4 is 0 Å². The zero-order chi connectivity index (χ0) is 11.1. The summed E-state index contributed by atoms with van der Waals surface area (Å²) in [5, 5.41) is 17.4. The summed E-state index contributed by atoms with van der Waals surface area (Å²) in [6, 6.07) is 2.01. The van der Waals surface area contributed by atoms with Gasteiger partial charge < -0.3 is 9.84 Å². The molecule has 0 aliphatic heterocycles. The van der Waals surface area contributed by atoms with Crippen LogP contribution in [0.5, 0.6) is 0 Å². The van der Waals surface area contributed by atoms with E-state index in [1.807, 2.05) is 6.07 Å². The molecule has 0 bridgehead atoms. The van der Waals surface area contributed by atoms with Gasteiger partial charge in [-0.25, -0.2) is 9.97 Å². The van der Waals surface area contributed by atoms with Crippen molar-refractivity contribution in [3.8, 4) is 6.07 Å². The summed E-state index contributed by atoms with van der Waals surface area (Å²) in [5.41, 5.74) is 0.640. The highest BCUT2D eigenvalue weighted by Crippen LogP contribution is 2.14. The number of hydrogen-bond donors (Lipinski definition) is 1. The summed E-state index contributed by atoms with van der Waals surface area (Å²) in [6.07, 6.45) is 3.02. The molecule has 0 radical (unpaired) electrons. The van der Waals surface area contributed by atoms with Crippen molar-refractivity contribution < 1.29 is 9.84 Å². The van der Waals surface area contributed by atoms with Crippen molar-refractivity contribution in [3.05, 3.63) is 23.8 Å². The average Bonchev–Trinajstić information content (AvgIpc) is 2.26. The largest absolute Gasteiger partial charge is 0.396 e. The lowest BCUT2D eigenvalue weighted by Crippen LogP contribution is -2.06. The van der Waals surface area contributed by atoms with Crippen LogP contribution in [0, 0.1) is 18.3 Å². The Morgan fingerprint density at radius 2 is 2.20 bits per heavy atom. The lowest BCUT2D eigenvalue weighted by atomic mass is 10.2. The first-order valence-electron chi connectivity index (χ1n) is 4.68. The first kappa shape index (κ1) is 11.6. The molecule has 80 valence electrons. The number of rotatable bonds is 5. The quantitative estimate of drug-likeness (QED) is 0.721. The third-order valence-corrected chi connectivity index (χ3v) is 1.81. The Kier molecular flexibility index (Phi) is 4.68. The molecule has 0 aromatic carbocycles. The van der Waals surface area contributed by atoms with E-state index >= 15 is 0 Å². The molecule has 0 unspecified atom stereocenters. The summed E-state index contributed by atoms with van der Waals surface area (Å²) in [4.78, 5) is 7.97.